The molecule has 1 fully saturated rings. The number of likely N-dealkylation sites (N-methyl/N-ethyl adjacent to an activating group) is 1. The second kappa shape index (κ2) is 9.17. The van der Waals surface area contributed by atoms with Crippen molar-refractivity contribution in [3.05, 3.63) is 65.9 Å². The van der Waals surface area contributed by atoms with Crippen molar-refractivity contribution in [1.29, 1.82) is 0 Å². The summed E-state index contributed by atoms with van der Waals surface area (Å²) in [5.74, 6) is 0.591. The van der Waals surface area contributed by atoms with E-state index in [1.165, 1.54) is 5.56 Å². The maximum atomic E-state index is 12.8. The smallest absolute Gasteiger partial charge is 0.255 e. The van der Waals surface area contributed by atoms with Gasteiger partial charge in [0.1, 0.15) is 5.69 Å². The highest BCUT2D eigenvalue weighted by Crippen LogP contribution is 2.21. The third-order valence-corrected chi connectivity index (χ3v) is 6.33. The third-order valence-electron chi connectivity index (χ3n) is 6.33. The van der Waals surface area contributed by atoms with Gasteiger partial charge in [-0.05, 0) is 55.4 Å². The fraction of sp³-hybridized carbons (Fsp3) is 0.320. The summed E-state index contributed by atoms with van der Waals surface area (Å²) in [7, 11) is 4.05. The quantitative estimate of drug-likeness (QED) is 0.479. The van der Waals surface area contributed by atoms with E-state index in [0.717, 1.165) is 67.4 Å². The van der Waals surface area contributed by atoms with Gasteiger partial charge in [0.2, 0.25) is 0 Å². The molecule has 33 heavy (non-hydrogen) atoms. The number of anilines is 1. The second-order valence-corrected chi connectivity index (χ2v) is 8.70. The summed E-state index contributed by atoms with van der Waals surface area (Å²) < 4.78 is 1.76. The number of carbonyl (C=O) groups is 1. The van der Waals surface area contributed by atoms with Crippen LogP contribution < -0.4 is 5.32 Å². The molecular weight excluding hydrogens is 414 g/mol. The molecule has 5 rings (SSSR count). The number of nitrogens with zero attached hydrogens (tertiary/aromatic N) is 5. The molecule has 4 aromatic rings. The first-order valence-electron chi connectivity index (χ1n) is 11.3. The predicted molar refractivity (Wildman–Crippen MR) is 130 cm³/mol. The van der Waals surface area contributed by atoms with Gasteiger partial charge in [-0.15, -0.1) is 0 Å². The minimum Gasteiger partial charge on any atom is -0.337 e. The number of nitrogens with one attached hydrogen (secondary N) is 2. The number of piperazine rings is 1. The first-order valence-corrected chi connectivity index (χ1v) is 11.3. The summed E-state index contributed by atoms with van der Waals surface area (Å²) in [6.45, 7) is 5.62. The van der Waals surface area contributed by atoms with Gasteiger partial charge in [0.05, 0.1) is 11.0 Å². The Labute approximate surface area is 193 Å². The highest BCUT2D eigenvalue weighted by Gasteiger charge is 2.14. The van der Waals surface area contributed by atoms with Crippen molar-refractivity contribution in [2.75, 3.05) is 45.1 Å². The van der Waals surface area contributed by atoms with Crippen molar-refractivity contribution in [2.45, 2.75) is 6.42 Å². The zero-order valence-corrected chi connectivity index (χ0v) is 19.1. The number of hydrogen-bond acceptors (Lipinski definition) is 5. The van der Waals surface area contributed by atoms with Crippen LogP contribution in [0.5, 0.6) is 0 Å². The van der Waals surface area contributed by atoms with Crippen molar-refractivity contribution >= 4 is 22.6 Å². The zero-order chi connectivity index (χ0) is 22.8. The van der Waals surface area contributed by atoms with Crippen LogP contribution in [-0.4, -0.2) is 75.2 Å². The maximum absolute atomic E-state index is 12.8. The molecule has 2 aromatic heterocycles. The molecule has 1 amide bonds. The molecule has 2 N–H and O–H groups in total. The van der Waals surface area contributed by atoms with Crippen molar-refractivity contribution < 1.29 is 4.79 Å². The van der Waals surface area contributed by atoms with Gasteiger partial charge in [-0.3, -0.25) is 9.48 Å². The number of aromatic amines is 1. The van der Waals surface area contributed by atoms with Crippen molar-refractivity contribution in [3.8, 4) is 11.5 Å². The minimum atomic E-state index is -0.140. The fourth-order valence-electron chi connectivity index (χ4n) is 4.20. The van der Waals surface area contributed by atoms with Gasteiger partial charge in [0, 0.05) is 57.2 Å². The summed E-state index contributed by atoms with van der Waals surface area (Å²) in [6.07, 6.45) is 2.76. The van der Waals surface area contributed by atoms with Crippen LogP contribution in [-0.2, 0) is 13.5 Å². The largest absolute Gasteiger partial charge is 0.337 e. The lowest BCUT2D eigenvalue weighted by Crippen LogP contribution is -2.45. The number of carbonyl (C=O) groups excluding carboxylic acids is 1. The SMILES string of the molecule is CN1CCN(CCc2ccc(NC(=O)c3ccc4nc(-c5ccnn5C)[nH]c4c3)cc2)CC1. The van der Waals surface area contributed by atoms with Crippen LogP contribution in [0.15, 0.2) is 54.7 Å². The molecule has 170 valence electrons. The standard InChI is InChI=1S/C25H29N7O/c1-30-13-15-32(16-14-30)12-10-18-3-6-20(7-4-18)27-25(33)19-5-8-21-22(17-19)29-24(28-21)23-9-11-26-31(23)2/h3-9,11,17H,10,12-16H2,1-2H3,(H,27,33)(H,28,29). The molecule has 8 heteroatoms. The Hall–Kier alpha value is -3.49. The van der Waals surface area contributed by atoms with E-state index in [-0.39, 0.29) is 5.91 Å². The van der Waals surface area contributed by atoms with Gasteiger partial charge in [-0.2, -0.15) is 5.10 Å². The highest BCUT2D eigenvalue weighted by atomic mass is 16.1. The lowest BCUT2D eigenvalue weighted by atomic mass is 10.1. The van der Waals surface area contributed by atoms with E-state index >= 15 is 0 Å². The Morgan fingerprint density at radius 3 is 2.55 bits per heavy atom. The third kappa shape index (κ3) is 4.81. The number of benzene rings is 2. The van der Waals surface area contributed by atoms with Crippen molar-refractivity contribution in [2.24, 2.45) is 7.05 Å². The molecule has 1 aliphatic heterocycles. The second-order valence-electron chi connectivity index (χ2n) is 8.70. The predicted octanol–water partition coefficient (Wildman–Crippen LogP) is 3.01. The van der Waals surface area contributed by atoms with Crippen LogP contribution >= 0.6 is 0 Å². The number of fused-ring (bicyclic) bond motifs is 1. The monoisotopic (exact) mass is 443 g/mol. The lowest BCUT2D eigenvalue weighted by Gasteiger charge is -2.32. The van der Waals surface area contributed by atoms with E-state index in [1.54, 1.807) is 16.9 Å². The Morgan fingerprint density at radius 1 is 1.03 bits per heavy atom. The normalized spacial score (nSPS) is 15.2. The summed E-state index contributed by atoms with van der Waals surface area (Å²) in [6, 6.07) is 15.6. The average molecular weight is 444 g/mol. The fourth-order valence-corrected chi connectivity index (χ4v) is 4.20. The Morgan fingerprint density at radius 2 is 1.82 bits per heavy atom. The molecule has 0 spiro atoms. The van der Waals surface area contributed by atoms with E-state index in [1.807, 2.05) is 37.4 Å². The number of amides is 1. The van der Waals surface area contributed by atoms with Crippen molar-refractivity contribution in [1.82, 2.24) is 29.5 Å². The number of aryl methyl sites for hydroxylation is 1. The topological polar surface area (TPSA) is 82.1 Å². The van der Waals surface area contributed by atoms with Crippen LogP contribution in [0.2, 0.25) is 0 Å². The van der Waals surface area contributed by atoms with Gasteiger partial charge in [-0.25, -0.2) is 4.98 Å². The molecule has 0 radical (unpaired) electrons. The summed E-state index contributed by atoms with van der Waals surface area (Å²) in [5.41, 5.74) is 5.19. The Bertz CT molecular complexity index is 1250. The Balaban J connectivity index is 1.21. The molecule has 2 aromatic carbocycles. The number of H-pyrrole nitrogens is 1. The van der Waals surface area contributed by atoms with Crippen LogP contribution in [0, 0.1) is 0 Å². The van der Waals surface area contributed by atoms with E-state index in [2.05, 4.69) is 49.4 Å². The molecule has 0 atom stereocenters. The molecule has 8 nitrogen and oxygen atoms in total. The van der Waals surface area contributed by atoms with Gasteiger partial charge in [-0.1, -0.05) is 12.1 Å². The number of imidazole rings is 1. The average Bonchev–Trinajstić information content (AvgIpc) is 3.44. The number of aromatic nitrogens is 4. The summed E-state index contributed by atoms with van der Waals surface area (Å²) in [4.78, 5) is 25.6. The van der Waals surface area contributed by atoms with Gasteiger partial charge in [0.25, 0.3) is 5.91 Å². The summed E-state index contributed by atoms with van der Waals surface area (Å²) >= 11 is 0. The zero-order valence-electron chi connectivity index (χ0n) is 19.1. The maximum Gasteiger partial charge on any atom is 0.255 e. The number of rotatable bonds is 6. The lowest BCUT2D eigenvalue weighted by molar-refractivity contribution is 0.102. The van der Waals surface area contributed by atoms with Gasteiger partial charge >= 0.3 is 0 Å². The molecule has 0 aliphatic carbocycles. The first kappa shape index (κ1) is 21.4. The molecule has 3 heterocycles. The minimum absolute atomic E-state index is 0.140. The van der Waals surface area contributed by atoms with Crippen LogP contribution in [0.3, 0.4) is 0 Å². The van der Waals surface area contributed by atoms with E-state index < -0.39 is 0 Å². The molecule has 1 aliphatic rings. The van der Waals surface area contributed by atoms with Gasteiger partial charge in [0.15, 0.2) is 5.82 Å². The highest BCUT2D eigenvalue weighted by molar-refractivity contribution is 6.06. The van der Waals surface area contributed by atoms with E-state index in [4.69, 9.17) is 0 Å². The summed E-state index contributed by atoms with van der Waals surface area (Å²) in [5, 5.41) is 7.19. The van der Waals surface area contributed by atoms with Crippen LogP contribution in [0.1, 0.15) is 15.9 Å². The molecule has 0 bridgehead atoms. The van der Waals surface area contributed by atoms with Crippen LogP contribution in [0.25, 0.3) is 22.6 Å². The molecule has 0 unspecified atom stereocenters. The van der Waals surface area contributed by atoms with E-state index in [0.29, 0.717) is 5.56 Å². The Kier molecular flexibility index (Phi) is 5.93. The van der Waals surface area contributed by atoms with E-state index in [9.17, 15) is 4.79 Å². The van der Waals surface area contributed by atoms with Gasteiger partial charge < -0.3 is 20.1 Å². The molecule has 0 saturated carbocycles. The van der Waals surface area contributed by atoms with Crippen LogP contribution in [0.4, 0.5) is 5.69 Å². The first-order chi connectivity index (χ1) is 16.0. The number of hydrogen-bond donors (Lipinski definition) is 2. The van der Waals surface area contributed by atoms with Crippen molar-refractivity contribution in [3.63, 3.8) is 0 Å². The molecular formula is C25H29N7O. The molecule has 1 saturated heterocycles.